The molecule has 0 aromatic heterocycles. The molecule has 0 heterocycles. The van der Waals surface area contributed by atoms with Crippen LogP contribution in [0, 0.1) is 0 Å². The summed E-state index contributed by atoms with van der Waals surface area (Å²) in [5, 5.41) is 19.5. The van der Waals surface area contributed by atoms with Gasteiger partial charge in [-0.25, -0.2) is 0 Å². The van der Waals surface area contributed by atoms with Crippen LogP contribution < -0.4 is 10.2 Å². The first kappa shape index (κ1) is 23.3. The summed E-state index contributed by atoms with van der Waals surface area (Å²) in [6.45, 7) is 3.65. The maximum atomic E-state index is 10.4. The zero-order chi connectivity index (χ0) is 14.6. The fourth-order valence-corrected chi connectivity index (χ4v) is 1.06. The molecule has 0 saturated carbocycles. The number of carbonyl (C=O) groups excluding carboxylic acids is 4. The second kappa shape index (κ2) is 15.3. The van der Waals surface area contributed by atoms with Crippen LogP contribution in [0.2, 0.25) is 0 Å². The van der Waals surface area contributed by atoms with E-state index in [1.807, 2.05) is 13.8 Å². The van der Waals surface area contributed by atoms with Gasteiger partial charge < -0.3 is 19.8 Å². The maximum absolute atomic E-state index is 10.4. The summed E-state index contributed by atoms with van der Waals surface area (Å²) in [6.07, 6.45) is 1.21. The van der Waals surface area contributed by atoms with Gasteiger partial charge in [0.15, 0.2) is 0 Å². The number of ketones is 2. The summed E-state index contributed by atoms with van der Waals surface area (Å²) in [6, 6.07) is 0. The molecule has 0 fully saturated rings. The molecule has 0 aliphatic heterocycles. The largest absolute Gasteiger partial charge is 2.00 e. The Labute approximate surface area is 132 Å². The summed E-state index contributed by atoms with van der Waals surface area (Å²) in [7, 11) is 0. The number of carboxylic acids is 2. The van der Waals surface area contributed by atoms with Crippen molar-refractivity contribution in [2.45, 2.75) is 52.4 Å². The Bertz CT molecular complexity index is 271. The molecule has 0 N–H and O–H groups in total. The van der Waals surface area contributed by atoms with Crippen molar-refractivity contribution in [1.29, 1.82) is 0 Å². The van der Waals surface area contributed by atoms with Crippen molar-refractivity contribution in [2.75, 3.05) is 0 Å². The maximum Gasteiger partial charge on any atom is 2.00 e. The predicted molar refractivity (Wildman–Crippen MR) is 64.8 cm³/mol. The molecule has 0 amide bonds. The van der Waals surface area contributed by atoms with E-state index in [4.69, 9.17) is 0 Å². The van der Waals surface area contributed by atoms with Crippen LogP contribution in [0.15, 0.2) is 0 Å². The van der Waals surface area contributed by atoms with Gasteiger partial charge in [0, 0.05) is 37.6 Å². The molecule has 0 aromatic rings. The number of carbonyl (C=O) groups is 4. The molecular weight excluding hydrogens is 447 g/mol. The van der Waals surface area contributed by atoms with Crippen LogP contribution in [0.3, 0.4) is 0 Å². The van der Waals surface area contributed by atoms with E-state index in [1.165, 1.54) is 0 Å². The molecule has 0 aliphatic rings. The Hall–Kier alpha value is -0.798. The monoisotopic (exact) mass is 466 g/mol. The van der Waals surface area contributed by atoms with Gasteiger partial charge in [0.2, 0.25) is 0 Å². The molecule has 0 rings (SSSR count). The van der Waals surface area contributed by atoms with Crippen molar-refractivity contribution in [3.8, 4) is 0 Å². The Morgan fingerprint density at radius 1 is 0.737 bits per heavy atom. The van der Waals surface area contributed by atoms with Gasteiger partial charge in [-0.1, -0.05) is 13.8 Å². The van der Waals surface area contributed by atoms with E-state index in [-0.39, 0.29) is 38.9 Å². The van der Waals surface area contributed by atoms with Gasteiger partial charge in [-0.2, -0.15) is 0 Å². The summed E-state index contributed by atoms with van der Waals surface area (Å²) < 4.78 is 0. The summed E-state index contributed by atoms with van der Waals surface area (Å²) in [4.78, 5) is 40.4. The molecule has 6 nitrogen and oxygen atoms in total. The van der Waals surface area contributed by atoms with Crippen molar-refractivity contribution in [3.63, 3.8) is 0 Å². The van der Waals surface area contributed by atoms with E-state index >= 15 is 0 Å². The molecule has 2 radical (unpaired) electrons. The average Bonchev–Trinajstić information content (AvgIpc) is 2.16. The molecule has 0 bridgehead atoms. The summed E-state index contributed by atoms with van der Waals surface area (Å²) >= 11 is 0. The minimum absolute atomic E-state index is 0. The predicted octanol–water partition coefficient (Wildman–Crippen LogP) is -1.39. The third kappa shape index (κ3) is 22.8. The number of hydrogen-bond acceptors (Lipinski definition) is 6. The molecule has 0 saturated heterocycles. The fourth-order valence-electron chi connectivity index (χ4n) is 1.06. The molecule has 0 spiro atoms. The normalized spacial score (nSPS) is 8.53. The van der Waals surface area contributed by atoms with Crippen molar-refractivity contribution >= 4 is 50.8 Å². The second-order valence-corrected chi connectivity index (χ2v) is 3.67. The smallest absolute Gasteiger partial charge is 0.550 e. The van der Waals surface area contributed by atoms with Gasteiger partial charge in [-0.05, 0) is 12.8 Å². The molecule has 0 aliphatic carbocycles. The first-order chi connectivity index (χ1) is 8.33. The number of rotatable bonds is 8. The van der Waals surface area contributed by atoms with Crippen LogP contribution in [0.5, 0.6) is 0 Å². The van der Waals surface area contributed by atoms with Crippen molar-refractivity contribution in [2.24, 2.45) is 0 Å². The molecule has 7 heteroatoms. The van der Waals surface area contributed by atoms with Gasteiger partial charge in [-0.15, -0.1) is 0 Å². The van der Waals surface area contributed by atoms with Crippen LogP contribution in [-0.4, -0.2) is 50.8 Å². The van der Waals surface area contributed by atoms with Crippen LogP contribution in [0.1, 0.15) is 52.4 Å². The summed E-state index contributed by atoms with van der Waals surface area (Å²) in [5.74, 6) is -3.07. The third-order valence-corrected chi connectivity index (χ3v) is 1.74. The number of hydrogen-bond donors (Lipinski definition) is 0. The van der Waals surface area contributed by atoms with Crippen molar-refractivity contribution < 1.29 is 29.4 Å². The van der Waals surface area contributed by atoms with E-state index in [0.29, 0.717) is 25.7 Å². The topological polar surface area (TPSA) is 114 Å². The minimum Gasteiger partial charge on any atom is -0.550 e. The van der Waals surface area contributed by atoms with E-state index in [9.17, 15) is 29.4 Å². The first-order valence-corrected chi connectivity index (χ1v) is 5.76. The Balaban J connectivity index is -0.000000256. The van der Waals surface area contributed by atoms with Gasteiger partial charge >= 0.3 is 27.3 Å². The Kier molecular flexibility index (Phi) is 18.7. The van der Waals surface area contributed by atoms with Crippen LogP contribution >= 0.6 is 0 Å². The van der Waals surface area contributed by atoms with Crippen molar-refractivity contribution in [1.82, 2.24) is 0 Å². The zero-order valence-electron chi connectivity index (χ0n) is 11.2. The van der Waals surface area contributed by atoms with Gasteiger partial charge in [0.05, 0.1) is 0 Å². The first-order valence-electron chi connectivity index (χ1n) is 5.76. The fraction of sp³-hybridized carbons (Fsp3) is 0.667. The zero-order valence-corrected chi connectivity index (χ0v) is 15.1. The van der Waals surface area contributed by atoms with Gasteiger partial charge in [0.1, 0.15) is 11.6 Å². The molecule has 106 valence electrons. The van der Waals surface area contributed by atoms with Crippen molar-refractivity contribution in [3.05, 3.63) is 0 Å². The van der Waals surface area contributed by atoms with Gasteiger partial charge in [0.25, 0.3) is 0 Å². The molecule has 19 heavy (non-hydrogen) atoms. The van der Waals surface area contributed by atoms with Crippen LogP contribution in [0.4, 0.5) is 0 Å². The minimum atomic E-state index is -1.28. The van der Waals surface area contributed by atoms with Crippen LogP contribution in [0.25, 0.3) is 0 Å². The van der Waals surface area contributed by atoms with Crippen LogP contribution in [-0.2, 0) is 19.2 Å². The molecular formula is C12H18O6Pb. The molecule has 0 unspecified atom stereocenters. The number of Topliss-reactive ketones (excluding diaryl/α,β-unsaturated/α-hetero) is 2. The summed E-state index contributed by atoms with van der Waals surface area (Å²) in [5.41, 5.74) is 0. The Morgan fingerprint density at radius 2 is 1.00 bits per heavy atom. The molecule has 0 atom stereocenters. The average molecular weight is 465 g/mol. The van der Waals surface area contributed by atoms with Gasteiger partial charge in [-0.3, -0.25) is 9.59 Å². The Morgan fingerprint density at radius 3 is 1.16 bits per heavy atom. The quantitative estimate of drug-likeness (QED) is 0.322. The van der Waals surface area contributed by atoms with E-state index in [2.05, 4.69) is 0 Å². The number of aliphatic carboxylic acids is 2. The van der Waals surface area contributed by atoms with E-state index in [1.54, 1.807) is 0 Å². The second-order valence-electron chi connectivity index (χ2n) is 3.67. The third-order valence-electron chi connectivity index (χ3n) is 1.74. The van der Waals surface area contributed by atoms with E-state index in [0.717, 1.165) is 0 Å². The molecule has 0 aromatic carbocycles. The van der Waals surface area contributed by atoms with E-state index < -0.39 is 24.8 Å². The number of carboxylic acid groups (broad SMARTS) is 2. The standard InChI is InChI=1S/2C6H10O3.Pb/c2*1-2-3-5(7)4-6(8)9;/h2*2-4H2,1H3,(H,8,9);/q;;+2/p-2. The SMILES string of the molecule is CCCC(=O)CC(=O)[O-].CCCC(=O)CC(=O)[O-].[Pb+2].